The number of aliphatic hydroxyl groups is 1. The van der Waals surface area contributed by atoms with Gasteiger partial charge in [-0.25, -0.2) is 4.98 Å². The Morgan fingerprint density at radius 3 is 3.00 bits per heavy atom. The molecule has 1 saturated heterocycles. The van der Waals surface area contributed by atoms with Gasteiger partial charge in [0.25, 0.3) is 0 Å². The van der Waals surface area contributed by atoms with Gasteiger partial charge in [-0.05, 0) is 34.5 Å². The summed E-state index contributed by atoms with van der Waals surface area (Å²) in [5, 5.41) is 12.7. The normalized spacial score (nSPS) is 25.5. The van der Waals surface area contributed by atoms with Crippen LogP contribution in [0.1, 0.15) is 5.56 Å². The highest BCUT2D eigenvalue weighted by Crippen LogP contribution is 2.22. The third-order valence-electron chi connectivity index (χ3n) is 2.35. The fourth-order valence-corrected chi connectivity index (χ4v) is 2.07. The van der Waals surface area contributed by atoms with Crippen molar-refractivity contribution in [2.24, 2.45) is 0 Å². The first kappa shape index (κ1) is 10.9. The summed E-state index contributed by atoms with van der Waals surface area (Å²) in [7, 11) is 0. The maximum Gasteiger partial charge on any atom is 0.140 e. The largest absolute Gasteiger partial charge is 0.388 e. The fourth-order valence-electron chi connectivity index (χ4n) is 1.50. The second-order valence-corrected chi connectivity index (χ2v) is 4.55. The number of hydrogen-bond donors (Lipinski definition) is 2. The molecule has 4 nitrogen and oxygen atoms in total. The molecule has 1 aromatic rings. The van der Waals surface area contributed by atoms with E-state index in [0.29, 0.717) is 13.2 Å². The zero-order valence-electron chi connectivity index (χ0n) is 8.40. The zero-order valence-corrected chi connectivity index (χ0v) is 9.99. The van der Waals surface area contributed by atoms with E-state index in [-0.39, 0.29) is 6.04 Å². The smallest absolute Gasteiger partial charge is 0.140 e. The molecule has 5 heteroatoms. The first-order valence-electron chi connectivity index (χ1n) is 4.81. The number of pyridine rings is 1. The van der Waals surface area contributed by atoms with Gasteiger partial charge in [0, 0.05) is 6.20 Å². The van der Waals surface area contributed by atoms with Crippen LogP contribution < -0.4 is 5.32 Å². The Balaban J connectivity index is 2.10. The van der Waals surface area contributed by atoms with Crippen molar-refractivity contribution in [1.29, 1.82) is 0 Å². The van der Waals surface area contributed by atoms with Crippen LogP contribution in [0.5, 0.6) is 0 Å². The Bertz CT molecular complexity index is 359. The minimum Gasteiger partial charge on any atom is -0.388 e. The minimum atomic E-state index is -0.458. The van der Waals surface area contributed by atoms with Crippen LogP contribution in [0.25, 0.3) is 0 Å². The van der Waals surface area contributed by atoms with Crippen LogP contribution >= 0.6 is 15.9 Å². The standard InChI is InChI=1S/C10H13BrN2O2/c1-6-2-7(11)10(12-3-6)13-8-4-15-5-9(8)14/h2-3,8-9,14H,4-5H2,1H3,(H,12,13)/t8-,9-/m1/s1. The van der Waals surface area contributed by atoms with Crippen molar-refractivity contribution >= 4 is 21.7 Å². The van der Waals surface area contributed by atoms with E-state index in [0.717, 1.165) is 15.9 Å². The molecule has 0 bridgehead atoms. The Labute approximate surface area is 96.8 Å². The predicted octanol–water partition coefficient (Wildman–Crippen LogP) is 1.32. The lowest BCUT2D eigenvalue weighted by molar-refractivity contribution is 0.125. The number of nitrogens with zero attached hydrogens (tertiary/aromatic N) is 1. The summed E-state index contributed by atoms with van der Waals surface area (Å²) in [5.41, 5.74) is 1.09. The van der Waals surface area contributed by atoms with Crippen molar-refractivity contribution in [2.45, 2.75) is 19.1 Å². The molecule has 0 saturated carbocycles. The Kier molecular flexibility index (Phi) is 3.23. The molecule has 0 radical (unpaired) electrons. The SMILES string of the molecule is Cc1cnc(N[C@@H]2COC[C@H]2O)c(Br)c1. The van der Waals surface area contributed by atoms with Crippen molar-refractivity contribution in [1.82, 2.24) is 4.98 Å². The second-order valence-electron chi connectivity index (χ2n) is 3.70. The van der Waals surface area contributed by atoms with E-state index in [1.807, 2.05) is 13.0 Å². The highest BCUT2D eigenvalue weighted by molar-refractivity contribution is 9.10. The molecule has 1 fully saturated rings. The molecule has 2 atom stereocenters. The molecule has 0 spiro atoms. The summed E-state index contributed by atoms with van der Waals surface area (Å²) in [6, 6.07) is 1.91. The summed E-state index contributed by atoms with van der Waals surface area (Å²) in [6.45, 7) is 2.89. The third kappa shape index (κ3) is 2.48. The summed E-state index contributed by atoms with van der Waals surface area (Å²) in [4.78, 5) is 4.25. The van der Waals surface area contributed by atoms with Gasteiger partial charge in [0.05, 0.1) is 29.8 Å². The van der Waals surface area contributed by atoms with Gasteiger partial charge in [-0.1, -0.05) is 0 Å². The first-order chi connectivity index (χ1) is 7.16. The van der Waals surface area contributed by atoms with Crippen molar-refractivity contribution in [2.75, 3.05) is 18.5 Å². The van der Waals surface area contributed by atoms with Gasteiger partial charge in [-0.3, -0.25) is 0 Å². The van der Waals surface area contributed by atoms with E-state index in [1.54, 1.807) is 6.20 Å². The summed E-state index contributed by atoms with van der Waals surface area (Å²) >= 11 is 3.43. The molecule has 0 amide bonds. The van der Waals surface area contributed by atoms with Crippen LogP contribution in [0.15, 0.2) is 16.7 Å². The molecule has 0 aliphatic carbocycles. The van der Waals surface area contributed by atoms with Crippen LogP contribution in [0, 0.1) is 6.92 Å². The number of aryl methyl sites for hydroxylation is 1. The van der Waals surface area contributed by atoms with Gasteiger partial charge in [0.1, 0.15) is 5.82 Å². The Hall–Kier alpha value is -0.650. The number of aliphatic hydroxyl groups excluding tert-OH is 1. The lowest BCUT2D eigenvalue weighted by atomic mass is 10.2. The highest BCUT2D eigenvalue weighted by atomic mass is 79.9. The average molecular weight is 273 g/mol. The van der Waals surface area contributed by atoms with Crippen molar-refractivity contribution in [3.05, 3.63) is 22.3 Å². The van der Waals surface area contributed by atoms with E-state index in [9.17, 15) is 5.11 Å². The number of ether oxygens (including phenoxy) is 1. The third-order valence-corrected chi connectivity index (χ3v) is 2.95. The van der Waals surface area contributed by atoms with Crippen LogP contribution in [0.4, 0.5) is 5.82 Å². The van der Waals surface area contributed by atoms with Gasteiger partial charge in [-0.15, -0.1) is 0 Å². The van der Waals surface area contributed by atoms with Gasteiger partial charge in [-0.2, -0.15) is 0 Å². The molecule has 1 aromatic heterocycles. The van der Waals surface area contributed by atoms with Crippen LogP contribution in [-0.2, 0) is 4.74 Å². The Morgan fingerprint density at radius 2 is 2.40 bits per heavy atom. The van der Waals surface area contributed by atoms with E-state index < -0.39 is 6.10 Å². The highest BCUT2D eigenvalue weighted by Gasteiger charge is 2.26. The number of anilines is 1. The van der Waals surface area contributed by atoms with E-state index >= 15 is 0 Å². The molecular formula is C10H13BrN2O2. The summed E-state index contributed by atoms with van der Waals surface area (Å²) in [5.74, 6) is 0.746. The van der Waals surface area contributed by atoms with Crippen molar-refractivity contribution in [3.63, 3.8) is 0 Å². The topological polar surface area (TPSA) is 54.4 Å². The van der Waals surface area contributed by atoms with Gasteiger partial charge in [0.2, 0.25) is 0 Å². The predicted molar refractivity (Wildman–Crippen MR) is 60.9 cm³/mol. The van der Waals surface area contributed by atoms with E-state index in [4.69, 9.17) is 4.74 Å². The van der Waals surface area contributed by atoms with Crippen molar-refractivity contribution < 1.29 is 9.84 Å². The van der Waals surface area contributed by atoms with Gasteiger partial charge in [0.15, 0.2) is 0 Å². The number of aromatic nitrogens is 1. The fraction of sp³-hybridized carbons (Fsp3) is 0.500. The monoisotopic (exact) mass is 272 g/mol. The molecule has 2 N–H and O–H groups in total. The molecular weight excluding hydrogens is 260 g/mol. The lowest BCUT2D eigenvalue weighted by Gasteiger charge is -2.16. The van der Waals surface area contributed by atoms with Gasteiger partial charge >= 0.3 is 0 Å². The summed E-state index contributed by atoms with van der Waals surface area (Å²) < 4.78 is 6.05. The molecule has 2 rings (SSSR count). The van der Waals surface area contributed by atoms with E-state index in [1.165, 1.54) is 0 Å². The lowest BCUT2D eigenvalue weighted by Crippen LogP contribution is -2.32. The van der Waals surface area contributed by atoms with Gasteiger partial charge < -0.3 is 15.2 Å². The van der Waals surface area contributed by atoms with Crippen molar-refractivity contribution in [3.8, 4) is 0 Å². The molecule has 1 aliphatic heterocycles. The minimum absolute atomic E-state index is 0.0727. The van der Waals surface area contributed by atoms with E-state index in [2.05, 4.69) is 26.2 Å². The molecule has 1 aliphatic rings. The maximum absolute atomic E-state index is 9.57. The van der Waals surface area contributed by atoms with Crippen LogP contribution in [-0.4, -0.2) is 35.5 Å². The summed E-state index contributed by atoms with van der Waals surface area (Å²) in [6.07, 6.45) is 1.33. The second kappa shape index (κ2) is 4.47. The number of rotatable bonds is 2. The number of hydrogen-bond acceptors (Lipinski definition) is 4. The molecule has 2 heterocycles. The first-order valence-corrected chi connectivity index (χ1v) is 5.60. The Morgan fingerprint density at radius 1 is 1.60 bits per heavy atom. The van der Waals surface area contributed by atoms with Crippen LogP contribution in [0.2, 0.25) is 0 Å². The quantitative estimate of drug-likeness (QED) is 0.853. The average Bonchev–Trinajstić information content (AvgIpc) is 2.57. The zero-order chi connectivity index (χ0) is 10.8. The molecule has 0 aromatic carbocycles. The molecule has 82 valence electrons. The van der Waals surface area contributed by atoms with Crippen LogP contribution in [0.3, 0.4) is 0 Å². The maximum atomic E-state index is 9.57. The molecule has 0 unspecified atom stereocenters. The number of halogens is 1. The number of nitrogens with one attached hydrogen (secondary N) is 1. The molecule has 15 heavy (non-hydrogen) atoms.